The molecule has 0 aliphatic carbocycles. The van der Waals surface area contributed by atoms with Gasteiger partial charge >= 0.3 is 0 Å². The van der Waals surface area contributed by atoms with Gasteiger partial charge in [-0.3, -0.25) is 4.79 Å². The highest BCUT2D eigenvalue weighted by atomic mass is 16.5. The number of amides is 1. The second-order valence-electron chi connectivity index (χ2n) is 7.70. The SMILES string of the molecule is COc1cccc(-c2nn(-c3ccccc3)cc2C(=O)NCc2ccc(-n3cccn3)cc2)c1. The highest BCUT2D eigenvalue weighted by molar-refractivity contribution is 6.00. The molecular formula is C27H23N5O2. The van der Waals surface area contributed by atoms with Crippen molar-refractivity contribution in [1.29, 1.82) is 0 Å². The summed E-state index contributed by atoms with van der Waals surface area (Å²) >= 11 is 0. The molecule has 5 aromatic rings. The van der Waals surface area contributed by atoms with Gasteiger partial charge in [-0.05, 0) is 48.0 Å². The number of carbonyl (C=O) groups is 1. The van der Waals surface area contributed by atoms with E-state index in [1.54, 1.807) is 28.9 Å². The number of ether oxygens (including phenoxy) is 1. The number of aromatic nitrogens is 4. The monoisotopic (exact) mass is 449 g/mol. The molecule has 0 atom stereocenters. The van der Waals surface area contributed by atoms with E-state index in [1.807, 2.05) is 91.1 Å². The molecule has 2 aromatic heterocycles. The second kappa shape index (κ2) is 9.46. The molecule has 2 heterocycles. The van der Waals surface area contributed by atoms with Gasteiger partial charge in [0.15, 0.2) is 0 Å². The Morgan fingerprint density at radius 1 is 0.912 bits per heavy atom. The molecule has 0 spiro atoms. The van der Waals surface area contributed by atoms with E-state index in [1.165, 1.54) is 0 Å². The van der Waals surface area contributed by atoms with E-state index in [4.69, 9.17) is 9.84 Å². The lowest BCUT2D eigenvalue weighted by atomic mass is 10.1. The largest absolute Gasteiger partial charge is 0.497 e. The molecule has 0 aliphatic heterocycles. The van der Waals surface area contributed by atoms with E-state index in [0.29, 0.717) is 23.6 Å². The normalized spacial score (nSPS) is 10.7. The molecule has 0 aliphatic rings. The van der Waals surface area contributed by atoms with Crippen molar-refractivity contribution in [3.05, 3.63) is 115 Å². The third kappa shape index (κ3) is 4.45. The number of rotatable bonds is 7. The van der Waals surface area contributed by atoms with Gasteiger partial charge in [-0.15, -0.1) is 0 Å². The number of nitrogens with zero attached hydrogens (tertiary/aromatic N) is 4. The molecule has 0 fully saturated rings. The highest BCUT2D eigenvalue weighted by Gasteiger charge is 2.19. The fourth-order valence-electron chi connectivity index (χ4n) is 3.70. The number of nitrogens with one attached hydrogen (secondary N) is 1. The number of hydrogen-bond donors (Lipinski definition) is 1. The van der Waals surface area contributed by atoms with Gasteiger partial charge in [0.25, 0.3) is 5.91 Å². The molecule has 34 heavy (non-hydrogen) atoms. The Kier molecular flexibility index (Phi) is 5.90. The number of hydrogen-bond acceptors (Lipinski definition) is 4. The van der Waals surface area contributed by atoms with Crippen molar-refractivity contribution in [1.82, 2.24) is 24.9 Å². The number of para-hydroxylation sites is 1. The number of methoxy groups -OCH3 is 1. The maximum Gasteiger partial charge on any atom is 0.255 e. The summed E-state index contributed by atoms with van der Waals surface area (Å²) in [4.78, 5) is 13.3. The fourth-order valence-corrected chi connectivity index (χ4v) is 3.70. The third-order valence-electron chi connectivity index (χ3n) is 5.48. The molecular weight excluding hydrogens is 426 g/mol. The predicted molar refractivity (Wildman–Crippen MR) is 130 cm³/mol. The van der Waals surface area contributed by atoms with Gasteiger partial charge in [-0.1, -0.05) is 42.5 Å². The topological polar surface area (TPSA) is 74.0 Å². The van der Waals surface area contributed by atoms with Gasteiger partial charge in [0, 0.05) is 30.7 Å². The van der Waals surface area contributed by atoms with E-state index in [0.717, 1.165) is 22.5 Å². The molecule has 0 radical (unpaired) electrons. The Labute approximate surface area is 197 Å². The lowest BCUT2D eigenvalue weighted by Crippen LogP contribution is -2.23. The molecule has 7 heteroatoms. The molecule has 0 saturated carbocycles. The summed E-state index contributed by atoms with van der Waals surface area (Å²) in [6.07, 6.45) is 5.39. The van der Waals surface area contributed by atoms with E-state index in [9.17, 15) is 4.79 Å². The predicted octanol–water partition coefficient (Wildman–Crippen LogP) is 4.66. The maximum absolute atomic E-state index is 13.3. The summed E-state index contributed by atoms with van der Waals surface area (Å²) in [5.41, 5.74) is 4.72. The average molecular weight is 450 g/mol. The highest BCUT2D eigenvalue weighted by Crippen LogP contribution is 2.27. The van der Waals surface area contributed by atoms with Crippen LogP contribution in [0.4, 0.5) is 0 Å². The summed E-state index contributed by atoms with van der Waals surface area (Å²) in [6, 6.07) is 27.1. The van der Waals surface area contributed by atoms with Crippen molar-refractivity contribution >= 4 is 5.91 Å². The molecule has 7 nitrogen and oxygen atoms in total. The third-order valence-corrected chi connectivity index (χ3v) is 5.48. The molecule has 5 rings (SSSR count). The van der Waals surface area contributed by atoms with E-state index in [2.05, 4.69) is 10.4 Å². The summed E-state index contributed by atoms with van der Waals surface area (Å²) in [7, 11) is 1.62. The van der Waals surface area contributed by atoms with Crippen LogP contribution in [0.15, 0.2) is 104 Å². The van der Waals surface area contributed by atoms with Gasteiger partial charge in [0.2, 0.25) is 0 Å². The molecule has 0 saturated heterocycles. The van der Waals surface area contributed by atoms with E-state index >= 15 is 0 Å². The molecule has 0 unspecified atom stereocenters. The summed E-state index contributed by atoms with van der Waals surface area (Å²) in [5.74, 6) is 0.506. The van der Waals surface area contributed by atoms with Crippen LogP contribution in [0.5, 0.6) is 5.75 Å². The summed E-state index contributed by atoms with van der Waals surface area (Å²) in [6.45, 7) is 0.395. The van der Waals surface area contributed by atoms with Crippen LogP contribution in [0, 0.1) is 0 Å². The van der Waals surface area contributed by atoms with Gasteiger partial charge in [-0.2, -0.15) is 10.2 Å². The van der Waals surface area contributed by atoms with Crippen molar-refractivity contribution in [2.45, 2.75) is 6.54 Å². The van der Waals surface area contributed by atoms with Crippen LogP contribution in [0.25, 0.3) is 22.6 Å². The van der Waals surface area contributed by atoms with Gasteiger partial charge in [0.1, 0.15) is 11.4 Å². The molecule has 3 aromatic carbocycles. The van der Waals surface area contributed by atoms with Gasteiger partial charge in [-0.25, -0.2) is 9.36 Å². The summed E-state index contributed by atoms with van der Waals surface area (Å²) in [5, 5.41) is 12.0. The minimum absolute atomic E-state index is 0.198. The molecule has 168 valence electrons. The minimum atomic E-state index is -0.198. The van der Waals surface area contributed by atoms with Crippen LogP contribution in [-0.4, -0.2) is 32.6 Å². The van der Waals surface area contributed by atoms with Gasteiger partial charge in [0.05, 0.1) is 24.0 Å². The Bertz CT molecular complexity index is 1390. The minimum Gasteiger partial charge on any atom is -0.497 e. The first-order valence-corrected chi connectivity index (χ1v) is 10.9. The quantitative estimate of drug-likeness (QED) is 0.392. The van der Waals surface area contributed by atoms with Crippen LogP contribution in [0.1, 0.15) is 15.9 Å². The van der Waals surface area contributed by atoms with E-state index in [-0.39, 0.29) is 5.91 Å². The van der Waals surface area contributed by atoms with Crippen molar-refractivity contribution in [2.24, 2.45) is 0 Å². The molecule has 1 N–H and O–H groups in total. The average Bonchev–Trinajstić information content (AvgIpc) is 3.59. The van der Waals surface area contributed by atoms with Crippen LogP contribution < -0.4 is 10.1 Å². The lowest BCUT2D eigenvalue weighted by Gasteiger charge is -2.08. The zero-order chi connectivity index (χ0) is 23.3. The Morgan fingerprint density at radius 2 is 1.71 bits per heavy atom. The van der Waals surface area contributed by atoms with E-state index < -0.39 is 0 Å². The Balaban J connectivity index is 1.41. The van der Waals surface area contributed by atoms with Crippen LogP contribution in [-0.2, 0) is 6.54 Å². The maximum atomic E-state index is 13.3. The van der Waals surface area contributed by atoms with Crippen molar-refractivity contribution in [3.8, 4) is 28.4 Å². The van der Waals surface area contributed by atoms with Crippen LogP contribution in [0.2, 0.25) is 0 Å². The lowest BCUT2D eigenvalue weighted by molar-refractivity contribution is 0.0951. The number of carbonyl (C=O) groups excluding carboxylic acids is 1. The fraction of sp³-hybridized carbons (Fsp3) is 0.0741. The first kappa shape index (κ1) is 21.2. The van der Waals surface area contributed by atoms with Gasteiger partial charge < -0.3 is 10.1 Å². The number of benzene rings is 3. The van der Waals surface area contributed by atoms with Crippen molar-refractivity contribution in [2.75, 3.05) is 7.11 Å². The molecule has 0 bridgehead atoms. The first-order valence-electron chi connectivity index (χ1n) is 10.9. The molecule has 1 amide bonds. The second-order valence-corrected chi connectivity index (χ2v) is 7.70. The standard InChI is InChI=1S/C27H23N5O2/c1-34-24-10-5-7-21(17-24)26-25(19-32(30-26)22-8-3-2-4-9-22)27(33)28-18-20-11-13-23(14-12-20)31-16-6-15-29-31/h2-17,19H,18H2,1H3,(H,28,33). The first-order chi connectivity index (χ1) is 16.7. The van der Waals surface area contributed by atoms with Crippen molar-refractivity contribution < 1.29 is 9.53 Å². The van der Waals surface area contributed by atoms with Crippen molar-refractivity contribution in [3.63, 3.8) is 0 Å². The zero-order valence-corrected chi connectivity index (χ0v) is 18.6. The smallest absolute Gasteiger partial charge is 0.255 e. The van der Waals surface area contributed by atoms with Crippen LogP contribution >= 0.6 is 0 Å². The summed E-state index contributed by atoms with van der Waals surface area (Å²) < 4.78 is 8.89. The Hall–Kier alpha value is -4.65. The van der Waals surface area contributed by atoms with Crippen LogP contribution in [0.3, 0.4) is 0 Å². The zero-order valence-electron chi connectivity index (χ0n) is 18.6. The Morgan fingerprint density at radius 3 is 2.44 bits per heavy atom.